The van der Waals surface area contributed by atoms with Crippen molar-refractivity contribution in [2.45, 2.75) is 61.8 Å². The van der Waals surface area contributed by atoms with Crippen LogP contribution < -0.4 is 5.32 Å². The van der Waals surface area contributed by atoms with E-state index in [4.69, 9.17) is 58.5 Å². The Morgan fingerprint density at radius 3 is 2.06 bits per heavy atom. The largest absolute Gasteiger partial charge is 0.463 e. The maximum atomic E-state index is 12.5. The van der Waals surface area contributed by atoms with Crippen LogP contribution in [0.5, 0.6) is 0 Å². The van der Waals surface area contributed by atoms with Gasteiger partial charge in [-0.05, 0) is 5.56 Å². The average Bonchev–Trinajstić information content (AvgIpc) is 2.73. The second-order valence-corrected chi connectivity index (χ2v) is 9.57. The van der Waals surface area contributed by atoms with Crippen molar-refractivity contribution < 1.29 is 42.9 Å². The molecular weight excluding hydrogens is 517 g/mol. The SMILES string of the molecule is CC(=O)OC[C@H]1O[C@H](OCc2ccccc2)[C@@H](NC(=O)C(Cl)(Cl)Cl)[C@@H](OC(C)=O)[C@H]1OC(C)=O. The molecule has 0 unspecified atom stereocenters. The number of hydrogen-bond donors (Lipinski definition) is 1. The van der Waals surface area contributed by atoms with Crippen molar-refractivity contribution in [1.29, 1.82) is 0 Å². The van der Waals surface area contributed by atoms with Gasteiger partial charge in [0.2, 0.25) is 0 Å². The van der Waals surface area contributed by atoms with E-state index in [-0.39, 0.29) is 13.2 Å². The third kappa shape index (κ3) is 8.59. The molecule has 0 spiro atoms. The molecule has 1 aromatic carbocycles. The average molecular weight is 541 g/mol. The van der Waals surface area contributed by atoms with E-state index < -0.39 is 58.3 Å². The van der Waals surface area contributed by atoms with E-state index in [1.54, 1.807) is 24.3 Å². The molecule has 0 radical (unpaired) electrons. The molecule has 2 rings (SSSR count). The first-order valence-electron chi connectivity index (χ1n) is 10.0. The lowest BCUT2D eigenvalue weighted by atomic mass is 9.96. The lowest BCUT2D eigenvalue weighted by molar-refractivity contribution is -0.280. The lowest BCUT2D eigenvalue weighted by Crippen LogP contribution is -2.67. The molecule has 1 fully saturated rings. The Bertz CT molecular complexity index is 878. The molecule has 0 saturated carbocycles. The second kappa shape index (κ2) is 12.6. The van der Waals surface area contributed by atoms with Crippen LogP contribution in [-0.2, 0) is 49.5 Å². The molecule has 1 aliphatic heterocycles. The van der Waals surface area contributed by atoms with Crippen molar-refractivity contribution in [1.82, 2.24) is 5.32 Å². The van der Waals surface area contributed by atoms with Gasteiger partial charge in [-0.25, -0.2) is 0 Å². The Labute approximate surface area is 211 Å². The maximum absolute atomic E-state index is 12.5. The molecule has 188 valence electrons. The van der Waals surface area contributed by atoms with Gasteiger partial charge in [0.1, 0.15) is 18.8 Å². The zero-order valence-electron chi connectivity index (χ0n) is 18.5. The maximum Gasteiger partial charge on any atom is 0.303 e. The van der Waals surface area contributed by atoms with Crippen molar-refractivity contribution >= 4 is 58.6 Å². The van der Waals surface area contributed by atoms with E-state index in [1.807, 2.05) is 6.07 Å². The molecule has 34 heavy (non-hydrogen) atoms. The highest BCUT2D eigenvalue weighted by molar-refractivity contribution is 6.76. The van der Waals surface area contributed by atoms with E-state index in [0.717, 1.165) is 19.4 Å². The molecular formula is C21H24Cl3NO9. The Morgan fingerprint density at radius 1 is 0.941 bits per heavy atom. The predicted octanol–water partition coefficient (Wildman–Crippen LogP) is 2.21. The van der Waals surface area contributed by atoms with E-state index in [0.29, 0.717) is 0 Å². The molecule has 13 heteroatoms. The summed E-state index contributed by atoms with van der Waals surface area (Å²) in [5.41, 5.74) is 0.764. The monoisotopic (exact) mass is 539 g/mol. The van der Waals surface area contributed by atoms with Crippen molar-refractivity contribution in [3.05, 3.63) is 35.9 Å². The summed E-state index contributed by atoms with van der Waals surface area (Å²) in [5.74, 6) is -3.18. The van der Waals surface area contributed by atoms with Crippen LogP contribution in [-0.4, -0.2) is 64.9 Å². The number of ether oxygens (including phenoxy) is 5. The third-order valence-electron chi connectivity index (χ3n) is 4.51. The standard InChI is InChI=1S/C21H24Cl3NO9/c1-11(26)30-10-15-17(32-12(2)27)18(33-13(3)28)16(25-20(29)21(22,23)24)19(34-15)31-9-14-7-5-4-6-8-14/h4-8,15-19H,9-10H2,1-3H3,(H,25,29)/t15-,16+,17+,18-,19+/m1/s1. The van der Waals surface area contributed by atoms with Crippen LogP contribution >= 0.6 is 34.8 Å². The number of rotatable bonds is 8. The Morgan fingerprint density at radius 2 is 1.53 bits per heavy atom. The molecule has 1 aromatic rings. The summed E-state index contributed by atoms with van der Waals surface area (Å²) >= 11 is 17.1. The summed E-state index contributed by atoms with van der Waals surface area (Å²) in [5, 5.41) is 2.43. The fraction of sp³-hybridized carbons (Fsp3) is 0.524. The number of amides is 1. The minimum atomic E-state index is -2.36. The molecule has 0 bridgehead atoms. The highest BCUT2D eigenvalue weighted by Crippen LogP contribution is 2.31. The summed E-state index contributed by atoms with van der Waals surface area (Å²) in [6.45, 7) is 3.09. The highest BCUT2D eigenvalue weighted by atomic mass is 35.6. The summed E-state index contributed by atoms with van der Waals surface area (Å²) in [4.78, 5) is 47.6. The van der Waals surface area contributed by atoms with Crippen molar-refractivity contribution in [3.63, 3.8) is 0 Å². The van der Waals surface area contributed by atoms with Gasteiger partial charge >= 0.3 is 17.9 Å². The summed E-state index contributed by atoms with van der Waals surface area (Å²) in [7, 11) is 0. The van der Waals surface area contributed by atoms with Crippen LogP contribution in [0.1, 0.15) is 26.3 Å². The van der Waals surface area contributed by atoms with Crippen LogP contribution in [0.3, 0.4) is 0 Å². The number of esters is 3. The smallest absolute Gasteiger partial charge is 0.303 e. The minimum absolute atomic E-state index is 0.0248. The van der Waals surface area contributed by atoms with Crippen LogP contribution in [0.15, 0.2) is 30.3 Å². The number of carbonyl (C=O) groups excluding carboxylic acids is 4. The van der Waals surface area contributed by atoms with Gasteiger partial charge in [0.05, 0.1) is 6.61 Å². The summed E-state index contributed by atoms with van der Waals surface area (Å²) in [6, 6.07) is 7.72. The molecule has 10 nitrogen and oxygen atoms in total. The number of benzene rings is 1. The molecule has 1 heterocycles. The Balaban J connectivity index is 2.43. The van der Waals surface area contributed by atoms with Crippen molar-refractivity contribution in [2.24, 2.45) is 0 Å². The highest BCUT2D eigenvalue weighted by Gasteiger charge is 2.52. The topological polar surface area (TPSA) is 126 Å². The van der Waals surface area contributed by atoms with Gasteiger partial charge in [-0.15, -0.1) is 0 Å². The molecule has 0 aliphatic carbocycles. The van der Waals surface area contributed by atoms with Crippen LogP contribution in [0, 0.1) is 0 Å². The second-order valence-electron chi connectivity index (χ2n) is 7.29. The first-order valence-corrected chi connectivity index (χ1v) is 11.2. The Hall–Kier alpha value is -2.11. The molecule has 1 aliphatic rings. The molecule has 1 saturated heterocycles. The van der Waals surface area contributed by atoms with Crippen LogP contribution in [0.2, 0.25) is 0 Å². The van der Waals surface area contributed by atoms with E-state index in [1.165, 1.54) is 6.92 Å². The number of halogens is 3. The van der Waals surface area contributed by atoms with Gasteiger partial charge in [0, 0.05) is 20.8 Å². The lowest BCUT2D eigenvalue weighted by Gasteiger charge is -2.45. The van der Waals surface area contributed by atoms with Gasteiger partial charge in [0.25, 0.3) is 9.70 Å². The fourth-order valence-corrected chi connectivity index (χ4v) is 3.35. The van der Waals surface area contributed by atoms with Gasteiger partial charge in [0.15, 0.2) is 18.5 Å². The van der Waals surface area contributed by atoms with Crippen molar-refractivity contribution in [2.75, 3.05) is 6.61 Å². The van der Waals surface area contributed by atoms with Crippen molar-refractivity contribution in [3.8, 4) is 0 Å². The summed E-state index contributed by atoms with van der Waals surface area (Å²) < 4.78 is 25.1. The number of carbonyl (C=O) groups is 4. The van der Waals surface area contributed by atoms with Gasteiger partial charge in [-0.1, -0.05) is 65.1 Å². The third-order valence-corrected chi connectivity index (χ3v) is 5.03. The normalized spacial score (nSPS) is 24.6. The van der Waals surface area contributed by atoms with Crippen LogP contribution in [0.4, 0.5) is 0 Å². The number of alkyl halides is 3. The molecule has 1 N–H and O–H groups in total. The predicted molar refractivity (Wildman–Crippen MR) is 120 cm³/mol. The zero-order valence-corrected chi connectivity index (χ0v) is 20.8. The molecule has 0 aromatic heterocycles. The van der Waals surface area contributed by atoms with E-state index >= 15 is 0 Å². The molecule has 5 atom stereocenters. The first-order chi connectivity index (χ1) is 15.9. The zero-order chi connectivity index (χ0) is 25.5. The van der Waals surface area contributed by atoms with Crippen LogP contribution in [0.25, 0.3) is 0 Å². The van der Waals surface area contributed by atoms with Gasteiger partial charge in [-0.3, -0.25) is 19.2 Å². The number of nitrogens with one attached hydrogen (secondary N) is 1. The Kier molecular flexibility index (Phi) is 10.4. The summed E-state index contributed by atoms with van der Waals surface area (Å²) in [6.07, 6.45) is -5.03. The minimum Gasteiger partial charge on any atom is -0.463 e. The fourth-order valence-electron chi connectivity index (χ4n) is 3.18. The van der Waals surface area contributed by atoms with Gasteiger partial charge in [-0.2, -0.15) is 0 Å². The first kappa shape index (κ1) is 28.1. The quantitative estimate of drug-likeness (QED) is 0.300. The number of hydrogen-bond acceptors (Lipinski definition) is 9. The van der Waals surface area contributed by atoms with E-state index in [2.05, 4.69) is 5.32 Å². The van der Waals surface area contributed by atoms with E-state index in [9.17, 15) is 19.2 Å². The van der Waals surface area contributed by atoms with Gasteiger partial charge < -0.3 is 29.0 Å². The molecule has 1 amide bonds.